The molecule has 0 aliphatic rings. The number of benzene rings is 1. The number of nitrogens with one attached hydrogen (secondary N) is 3. The van der Waals surface area contributed by atoms with Gasteiger partial charge in [0, 0.05) is 12.1 Å². The van der Waals surface area contributed by atoms with Gasteiger partial charge in [0.15, 0.2) is 0 Å². The van der Waals surface area contributed by atoms with Crippen LogP contribution in [0.3, 0.4) is 0 Å². The summed E-state index contributed by atoms with van der Waals surface area (Å²) in [6, 6.07) is 4.41. The molecule has 0 saturated carbocycles. The quantitative estimate of drug-likeness (QED) is 0.309. The van der Waals surface area contributed by atoms with E-state index in [1.807, 2.05) is 0 Å². The number of carbonyl (C=O) groups is 1. The van der Waals surface area contributed by atoms with Crippen LogP contribution in [0.25, 0.3) is 6.08 Å². The summed E-state index contributed by atoms with van der Waals surface area (Å²) in [5.74, 6) is -0.240. The number of methoxy groups -OCH3 is 1. The second-order valence-corrected chi connectivity index (χ2v) is 4.37. The van der Waals surface area contributed by atoms with Gasteiger partial charge in [-0.2, -0.15) is 5.10 Å². The number of H-pyrrole nitrogens is 2. The summed E-state index contributed by atoms with van der Waals surface area (Å²) in [7, 11) is 1.24. The van der Waals surface area contributed by atoms with Crippen LogP contribution in [0.2, 0.25) is 0 Å². The van der Waals surface area contributed by atoms with Gasteiger partial charge in [-0.3, -0.25) is 15.1 Å². The Morgan fingerprint density at radius 2 is 2.30 bits per heavy atom. The Hall–Kier alpha value is -3.43. The van der Waals surface area contributed by atoms with Crippen molar-refractivity contribution in [2.24, 2.45) is 0 Å². The fraction of sp³-hybridized carbons (Fsp3) is 0.154. The van der Waals surface area contributed by atoms with E-state index in [1.165, 1.54) is 31.4 Å². The van der Waals surface area contributed by atoms with E-state index >= 15 is 0 Å². The Bertz CT molecular complexity index is 807. The smallest absolute Gasteiger partial charge is 0.340 e. The molecule has 2 rings (SSSR count). The molecule has 0 atom stereocenters. The van der Waals surface area contributed by atoms with Crippen molar-refractivity contribution in [1.29, 1.82) is 0 Å². The lowest BCUT2D eigenvalue weighted by Crippen LogP contribution is -2.06. The Balaban J connectivity index is 2.19. The molecule has 0 amide bonds. The Morgan fingerprint density at radius 1 is 1.52 bits per heavy atom. The van der Waals surface area contributed by atoms with Gasteiger partial charge in [0.05, 0.1) is 18.6 Å². The number of aromatic nitrogens is 3. The zero-order chi connectivity index (χ0) is 16.8. The summed E-state index contributed by atoms with van der Waals surface area (Å²) in [4.78, 5) is 35.0. The van der Waals surface area contributed by atoms with Gasteiger partial charge in [-0.05, 0) is 17.7 Å². The van der Waals surface area contributed by atoms with Crippen LogP contribution >= 0.6 is 0 Å². The number of esters is 1. The molecule has 0 bridgehead atoms. The lowest BCUT2D eigenvalue weighted by molar-refractivity contribution is -0.384. The average Bonchev–Trinajstić information content (AvgIpc) is 2.96. The summed E-state index contributed by atoms with van der Waals surface area (Å²) in [6.45, 7) is 0.108. The minimum absolute atomic E-state index is 0.108. The van der Waals surface area contributed by atoms with E-state index in [0.29, 0.717) is 11.4 Å². The SMILES string of the molecule is COC(=O)/C=C/c1ccc(NCc2n[nH]c(=O)[nH]2)c([N+](=O)[O-])c1. The van der Waals surface area contributed by atoms with Crippen LogP contribution in [0.1, 0.15) is 11.4 Å². The second kappa shape index (κ2) is 7.02. The van der Waals surface area contributed by atoms with Crippen molar-refractivity contribution in [3.63, 3.8) is 0 Å². The molecule has 0 spiro atoms. The van der Waals surface area contributed by atoms with Crippen LogP contribution in [0.15, 0.2) is 29.1 Å². The normalized spacial score (nSPS) is 10.7. The molecule has 1 aromatic carbocycles. The van der Waals surface area contributed by atoms with E-state index in [0.717, 1.165) is 0 Å². The number of ether oxygens (including phenoxy) is 1. The van der Waals surface area contributed by atoms with Gasteiger partial charge in [-0.25, -0.2) is 14.7 Å². The monoisotopic (exact) mass is 319 g/mol. The van der Waals surface area contributed by atoms with Crippen molar-refractivity contribution in [2.75, 3.05) is 12.4 Å². The Morgan fingerprint density at radius 3 is 2.91 bits per heavy atom. The predicted octanol–water partition coefficient (Wildman–Crippen LogP) is 0.804. The van der Waals surface area contributed by atoms with Gasteiger partial charge in [-0.1, -0.05) is 6.07 Å². The lowest BCUT2D eigenvalue weighted by atomic mass is 10.1. The van der Waals surface area contributed by atoms with Gasteiger partial charge in [0.2, 0.25) is 0 Å². The number of nitrogens with zero attached hydrogens (tertiary/aromatic N) is 2. The van der Waals surface area contributed by atoms with Crippen LogP contribution in [-0.2, 0) is 16.1 Å². The van der Waals surface area contributed by atoms with Crippen LogP contribution in [0.4, 0.5) is 11.4 Å². The number of aromatic amines is 2. The van der Waals surface area contributed by atoms with E-state index in [9.17, 15) is 19.7 Å². The summed E-state index contributed by atoms with van der Waals surface area (Å²) >= 11 is 0. The third kappa shape index (κ3) is 4.27. The minimum atomic E-state index is -0.558. The van der Waals surface area contributed by atoms with Gasteiger partial charge < -0.3 is 10.1 Å². The first kappa shape index (κ1) is 15.9. The molecule has 10 nitrogen and oxygen atoms in total. The summed E-state index contributed by atoms with van der Waals surface area (Å²) in [5.41, 5.74) is 0.101. The largest absolute Gasteiger partial charge is 0.466 e. The molecule has 0 fully saturated rings. The first-order chi connectivity index (χ1) is 11.0. The Labute approximate surface area is 129 Å². The highest BCUT2D eigenvalue weighted by Crippen LogP contribution is 2.26. The number of hydrogen-bond donors (Lipinski definition) is 3. The summed E-state index contributed by atoms with van der Waals surface area (Å²) in [5, 5.41) is 19.9. The fourth-order valence-corrected chi connectivity index (χ4v) is 1.75. The molecule has 0 aliphatic carbocycles. The molecule has 0 aliphatic heterocycles. The molecule has 2 aromatic rings. The topological polar surface area (TPSA) is 143 Å². The van der Waals surface area contributed by atoms with Crippen LogP contribution in [0.5, 0.6) is 0 Å². The second-order valence-electron chi connectivity index (χ2n) is 4.37. The highest BCUT2D eigenvalue weighted by Gasteiger charge is 2.14. The summed E-state index contributed by atoms with van der Waals surface area (Å²) in [6.07, 6.45) is 2.58. The van der Waals surface area contributed by atoms with E-state index in [-0.39, 0.29) is 17.9 Å². The predicted molar refractivity (Wildman–Crippen MR) is 80.7 cm³/mol. The zero-order valence-corrected chi connectivity index (χ0v) is 12.0. The van der Waals surface area contributed by atoms with Gasteiger partial charge >= 0.3 is 11.7 Å². The molecule has 3 N–H and O–H groups in total. The molecule has 0 radical (unpaired) electrons. The molecule has 120 valence electrons. The van der Waals surface area contributed by atoms with Crippen molar-refractivity contribution in [3.8, 4) is 0 Å². The van der Waals surface area contributed by atoms with Gasteiger partial charge in [-0.15, -0.1) is 0 Å². The van der Waals surface area contributed by atoms with Crippen molar-refractivity contribution in [2.45, 2.75) is 6.54 Å². The van der Waals surface area contributed by atoms with Gasteiger partial charge in [0.1, 0.15) is 11.5 Å². The third-order valence-electron chi connectivity index (χ3n) is 2.83. The van der Waals surface area contributed by atoms with Crippen LogP contribution in [-0.4, -0.2) is 33.2 Å². The molecular weight excluding hydrogens is 306 g/mol. The summed E-state index contributed by atoms with van der Waals surface area (Å²) < 4.78 is 4.45. The third-order valence-corrected chi connectivity index (χ3v) is 2.83. The zero-order valence-electron chi connectivity index (χ0n) is 12.0. The highest BCUT2D eigenvalue weighted by molar-refractivity contribution is 5.87. The van der Waals surface area contributed by atoms with Crippen molar-refractivity contribution < 1.29 is 14.5 Å². The number of nitro benzene ring substituents is 1. The number of carbonyl (C=O) groups excluding carboxylic acids is 1. The van der Waals surface area contributed by atoms with Gasteiger partial charge in [0.25, 0.3) is 5.69 Å². The average molecular weight is 319 g/mol. The van der Waals surface area contributed by atoms with E-state index in [2.05, 4.69) is 25.2 Å². The Kier molecular flexibility index (Phi) is 4.87. The number of nitro groups is 1. The molecule has 0 unspecified atom stereocenters. The number of rotatable bonds is 6. The minimum Gasteiger partial charge on any atom is -0.466 e. The van der Waals surface area contributed by atoms with Crippen molar-refractivity contribution in [1.82, 2.24) is 15.2 Å². The molecule has 0 saturated heterocycles. The highest BCUT2D eigenvalue weighted by atomic mass is 16.6. The number of hydrogen-bond acceptors (Lipinski definition) is 7. The molecular formula is C13H13N5O5. The first-order valence-corrected chi connectivity index (χ1v) is 6.41. The maximum atomic E-state index is 11.2. The molecule has 10 heteroatoms. The standard InChI is InChI=1S/C13H13N5O5/c1-23-12(19)5-3-8-2-4-9(10(6-8)18(21)22)14-7-11-15-13(20)17-16-11/h2-6,14H,7H2,1H3,(H2,15,16,17,20)/b5-3+. The van der Waals surface area contributed by atoms with Crippen molar-refractivity contribution >= 4 is 23.4 Å². The molecule has 1 heterocycles. The van der Waals surface area contributed by atoms with E-state index < -0.39 is 16.6 Å². The first-order valence-electron chi connectivity index (χ1n) is 6.41. The number of anilines is 1. The molecule has 1 aromatic heterocycles. The van der Waals surface area contributed by atoms with Crippen LogP contribution < -0.4 is 11.0 Å². The van der Waals surface area contributed by atoms with E-state index in [1.54, 1.807) is 6.07 Å². The van der Waals surface area contributed by atoms with E-state index in [4.69, 9.17) is 0 Å². The maximum absolute atomic E-state index is 11.2. The molecule has 23 heavy (non-hydrogen) atoms. The fourth-order valence-electron chi connectivity index (χ4n) is 1.75. The maximum Gasteiger partial charge on any atom is 0.340 e. The van der Waals surface area contributed by atoms with Crippen molar-refractivity contribution in [3.05, 3.63) is 56.3 Å². The lowest BCUT2D eigenvalue weighted by Gasteiger charge is -2.06. The van der Waals surface area contributed by atoms with Crippen LogP contribution in [0, 0.1) is 10.1 Å².